The quantitative estimate of drug-likeness (QED) is 0.511. The Labute approximate surface area is 197 Å². The molecular weight excluding hydrogens is 444 g/mol. The molecule has 34 heavy (non-hydrogen) atoms. The highest BCUT2D eigenvalue weighted by atomic mass is 19.1. The molecule has 3 rings (SSSR count). The van der Waals surface area contributed by atoms with Gasteiger partial charge in [0.2, 0.25) is 11.9 Å². The maximum Gasteiger partial charge on any atom is 0.257 e. The number of benzene rings is 1. The summed E-state index contributed by atoms with van der Waals surface area (Å²) in [6.45, 7) is 5.50. The predicted molar refractivity (Wildman–Crippen MR) is 124 cm³/mol. The van der Waals surface area contributed by atoms with Crippen molar-refractivity contribution in [2.24, 2.45) is 11.7 Å². The molecule has 2 heterocycles. The van der Waals surface area contributed by atoms with Crippen LogP contribution in [-0.2, 0) is 11.2 Å². The lowest BCUT2D eigenvalue weighted by Gasteiger charge is -2.32. The fourth-order valence-corrected chi connectivity index (χ4v) is 3.87. The van der Waals surface area contributed by atoms with E-state index in [1.807, 2.05) is 12.4 Å². The molecule has 0 aliphatic carbocycles. The summed E-state index contributed by atoms with van der Waals surface area (Å²) in [5.41, 5.74) is 5.40. The molecule has 1 atom stereocenters. The number of nitrogens with zero attached hydrogens (tertiary/aromatic N) is 3. The zero-order valence-corrected chi connectivity index (χ0v) is 19.5. The van der Waals surface area contributed by atoms with Gasteiger partial charge in [-0.05, 0) is 50.5 Å². The van der Waals surface area contributed by atoms with Crippen LogP contribution in [0.4, 0.5) is 14.7 Å². The maximum atomic E-state index is 14.3. The van der Waals surface area contributed by atoms with Crippen molar-refractivity contribution in [1.29, 1.82) is 0 Å². The number of carbonyl (C=O) groups is 2. The van der Waals surface area contributed by atoms with Crippen molar-refractivity contribution in [3.8, 4) is 5.75 Å². The van der Waals surface area contributed by atoms with Crippen LogP contribution in [0.1, 0.15) is 55.5 Å². The molecule has 1 saturated heterocycles. The molecule has 0 radical (unpaired) electrons. The number of hydrogen-bond acceptors (Lipinski definition) is 6. The van der Waals surface area contributed by atoms with E-state index < -0.39 is 35.1 Å². The normalized spacial score (nSPS) is 15.1. The van der Waals surface area contributed by atoms with Crippen LogP contribution in [0.25, 0.3) is 0 Å². The van der Waals surface area contributed by atoms with Gasteiger partial charge in [-0.25, -0.2) is 18.7 Å². The smallest absolute Gasteiger partial charge is 0.257 e. The number of piperidine rings is 1. The van der Waals surface area contributed by atoms with E-state index in [9.17, 15) is 18.4 Å². The van der Waals surface area contributed by atoms with Crippen molar-refractivity contribution in [2.45, 2.75) is 52.0 Å². The molecule has 1 aromatic carbocycles. The van der Waals surface area contributed by atoms with E-state index in [0.29, 0.717) is 12.5 Å². The van der Waals surface area contributed by atoms with Crippen LogP contribution < -0.4 is 20.7 Å². The Hall–Kier alpha value is -3.30. The average molecular weight is 476 g/mol. The van der Waals surface area contributed by atoms with Gasteiger partial charge in [-0.15, -0.1) is 0 Å². The lowest BCUT2D eigenvalue weighted by Crippen LogP contribution is -2.42. The third kappa shape index (κ3) is 6.61. The van der Waals surface area contributed by atoms with Gasteiger partial charge in [-0.3, -0.25) is 9.59 Å². The largest absolute Gasteiger partial charge is 0.493 e. The number of halogens is 2. The monoisotopic (exact) mass is 475 g/mol. The van der Waals surface area contributed by atoms with Gasteiger partial charge < -0.3 is 20.7 Å². The SMILES string of the molecule is CCc1cnc(N2CCC(CCCOc3cc(F)c(C(=O)N[C@H](C)C(N)=O)c(F)c3)CC2)nc1. The Balaban J connectivity index is 1.42. The summed E-state index contributed by atoms with van der Waals surface area (Å²) in [6, 6.07) is 0.882. The second-order valence-electron chi connectivity index (χ2n) is 8.53. The topological polar surface area (TPSA) is 110 Å². The first-order valence-corrected chi connectivity index (χ1v) is 11.6. The number of primary amides is 1. The first-order valence-electron chi connectivity index (χ1n) is 11.6. The Morgan fingerprint density at radius 1 is 1.21 bits per heavy atom. The van der Waals surface area contributed by atoms with E-state index in [0.717, 1.165) is 68.8 Å². The summed E-state index contributed by atoms with van der Waals surface area (Å²) in [4.78, 5) is 34.2. The molecule has 0 bridgehead atoms. The fraction of sp³-hybridized carbons (Fsp3) is 0.500. The first-order chi connectivity index (χ1) is 16.3. The molecule has 1 aromatic heterocycles. The lowest BCUT2D eigenvalue weighted by atomic mass is 9.92. The minimum atomic E-state index is -1.06. The zero-order chi connectivity index (χ0) is 24.7. The molecule has 10 heteroatoms. The highest BCUT2D eigenvalue weighted by Crippen LogP contribution is 2.25. The van der Waals surface area contributed by atoms with Gasteiger partial charge in [0.1, 0.15) is 29.0 Å². The van der Waals surface area contributed by atoms with Gasteiger partial charge >= 0.3 is 0 Å². The number of aromatic nitrogens is 2. The summed E-state index contributed by atoms with van der Waals surface area (Å²) in [5, 5.41) is 2.16. The standard InChI is InChI=1S/C24H31F2N5O3/c1-3-16-13-28-24(29-14-16)31-8-6-17(7-9-31)5-4-10-34-18-11-19(25)21(20(26)12-18)23(33)30-15(2)22(27)32/h11-15,17H,3-10H2,1-2H3,(H2,27,32)(H,30,33)/t15-/m1/s1. The van der Waals surface area contributed by atoms with Crippen LogP contribution in [0.3, 0.4) is 0 Å². The van der Waals surface area contributed by atoms with Crippen LogP contribution in [0, 0.1) is 17.6 Å². The van der Waals surface area contributed by atoms with Gasteiger partial charge in [0.15, 0.2) is 0 Å². The Bertz CT molecular complexity index is 972. The van der Waals surface area contributed by atoms with Crippen LogP contribution in [-0.4, -0.2) is 47.5 Å². The summed E-state index contributed by atoms with van der Waals surface area (Å²) in [7, 11) is 0. The van der Waals surface area contributed by atoms with E-state index in [2.05, 4.69) is 27.1 Å². The van der Waals surface area contributed by atoms with E-state index in [1.54, 1.807) is 0 Å². The predicted octanol–water partition coefficient (Wildman–Crippen LogP) is 3.00. The number of carbonyl (C=O) groups excluding carboxylic acids is 2. The second kappa shape index (κ2) is 11.7. The first kappa shape index (κ1) is 25.3. The molecule has 0 saturated carbocycles. The maximum absolute atomic E-state index is 14.3. The van der Waals surface area contributed by atoms with E-state index >= 15 is 0 Å². The third-order valence-electron chi connectivity index (χ3n) is 6.04. The minimum absolute atomic E-state index is 0.0111. The molecule has 8 nitrogen and oxygen atoms in total. The van der Waals surface area contributed by atoms with Crippen molar-refractivity contribution in [2.75, 3.05) is 24.6 Å². The summed E-state index contributed by atoms with van der Waals surface area (Å²) < 4.78 is 34.1. The van der Waals surface area contributed by atoms with Crippen LogP contribution in [0.15, 0.2) is 24.5 Å². The van der Waals surface area contributed by atoms with Crippen molar-refractivity contribution in [1.82, 2.24) is 15.3 Å². The van der Waals surface area contributed by atoms with Gasteiger partial charge in [-0.2, -0.15) is 0 Å². The highest BCUT2D eigenvalue weighted by Gasteiger charge is 2.23. The molecule has 1 aliphatic rings. The van der Waals surface area contributed by atoms with E-state index in [-0.39, 0.29) is 5.75 Å². The molecule has 3 N–H and O–H groups in total. The number of aryl methyl sites for hydroxylation is 1. The van der Waals surface area contributed by atoms with E-state index in [4.69, 9.17) is 10.5 Å². The number of amides is 2. The Morgan fingerprint density at radius 3 is 2.38 bits per heavy atom. The molecule has 1 fully saturated rings. The van der Waals surface area contributed by atoms with Crippen LogP contribution in [0.2, 0.25) is 0 Å². The Kier molecular flexibility index (Phi) is 8.72. The molecule has 0 spiro atoms. The number of rotatable bonds is 10. The number of ether oxygens (including phenoxy) is 1. The van der Waals surface area contributed by atoms with Crippen LogP contribution in [0.5, 0.6) is 5.75 Å². The molecule has 0 unspecified atom stereocenters. The van der Waals surface area contributed by atoms with Crippen molar-refractivity contribution in [3.05, 3.63) is 47.3 Å². The zero-order valence-electron chi connectivity index (χ0n) is 19.5. The molecule has 2 aromatic rings. The molecule has 2 amide bonds. The van der Waals surface area contributed by atoms with Gasteiger partial charge in [-0.1, -0.05) is 6.92 Å². The average Bonchev–Trinajstić information content (AvgIpc) is 2.82. The second-order valence-corrected chi connectivity index (χ2v) is 8.53. The fourth-order valence-electron chi connectivity index (χ4n) is 3.87. The summed E-state index contributed by atoms with van der Waals surface area (Å²) in [6.07, 6.45) is 8.40. The van der Waals surface area contributed by atoms with Crippen molar-refractivity contribution >= 4 is 17.8 Å². The highest BCUT2D eigenvalue weighted by molar-refractivity contribution is 5.97. The van der Waals surface area contributed by atoms with Crippen molar-refractivity contribution < 1.29 is 23.1 Å². The minimum Gasteiger partial charge on any atom is -0.493 e. The van der Waals surface area contributed by atoms with Gasteiger partial charge in [0.25, 0.3) is 5.91 Å². The van der Waals surface area contributed by atoms with E-state index in [1.165, 1.54) is 6.92 Å². The number of hydrogen-bond donors (Lipinski definition) is 2. The third-order valence-corrected chi connectivity index (χ3v) is 6.04. The molecule has 1 aliphatic heterocycles. The molecule has 184 valence electrons. The van der Waals surface area contributed by atoms with Gasteiger partial charge in [0, 0.05) is 37.6 Å². The number of anilines is 1. The van der Waals surface area contributed by atoms with Crippen molar-refractivity contribution in [3.63, 3.8) is 0 Å². The molecular formula is C24H31F2N5O3. The Morgan fingerprint density at radius 2 is 1.82 bits per heavy atom. The number of nitrogens with one attached hydrogen (secondary N) is 1. The summed E-state index contributed by atoms with van der Waals surface area (Å²) in [5.74, 6) is -2.66. The van der Waals surface area contributed by atoms with Gasteiger partial charge in [0.05, 0.1) is 6.61 Å². The summed E-state index contributed by atoms with van der Waals surface area (Å²) >= 11 is 0. The lowest BCUT2D eigenvalue weighted by molar-refractivity contribution is -0.119. The number of nitrogens with two attached hydrogens (primary N) is 1. The van der Waals surface area contributed by atoms with Crippen LogP contribution >= 0.6 is 0 Å².